The van der Waals surface area contributed by atoms with E-state index in [1.54, 1.807) is 4.90 Å². The monoisotopic (exact) mass is 453 g/mol. The molecule has 0 unspecified atom stereocenters. The van der Waals surface area contributed by atoms with E-state index in [2.05, 4.69) is 10.6 Å². The van der Waals surface area contributed by atoms with Gasteiger partial charge in [0, 0.05) is 44.8 Å². The molecule has 1 heterocycles. The van der Waals surface area contributed by atoms with Crippen LogP contribution in [0.3, 0.4) is 0 Å². The summed E-state index contributed by atoms with van der Waals surface area (Å²) in [6.07, 6.45) is -1.57. The molecule has 27 heavy (non-hydrogen) atoms. The zero-order chi connectivity index (χ0) is 20.8. The SMILES string of the molecule is O=P(O)(O)CCN1CCNCCNCC1(CCP(=O)(O)O)CCP(=O)(O)O. The van der Waals surface area contributed by atoms with Crippen LogP contribution in [-0.4, -0.2) is 97.6 Å². The lowest BCUT2D eigenvalue weighted by Crippen LogP contribution is -2.57. The summed E-state index contributed by atoms with van der Waals surface area (Å²) in [5.41, 5.74) is -1.05. The Morgan fingerprint density at radius 3 is 1.70 bits per heavy atom. The van der Waals surface area contributed by atoms with Crippen molar-refractivity contribution in [1.29, 1.82) is 0 Å². The van der Waals surface area contributed by atoms with Gasteiger partial charge in [-0.2, -0.15) is 0 Å². The van der Waals surface area contributed by atoms with E-state index in [1.807, 2.05) is 0 Å². The van der Waals surface area contributed by atoms with Crippen LogP contribution in [0.5, 0.6) is 0 Å². The van der Waals surface area contributed by atoms with Crippen molar-refractivity contribution >= 4 is 22.8 Å². The van der Waals surface area contributed by atoms with Gasteiger partial charge in [0.1, 0.15) is 0 Å². The Labute approximate surface area is 158 Å². The molecule has 162 valence electrons. The Hall–Kier alpha value is 0.330. The largest absolute Gasteiger partial charge is 0.326 e. The van der Waals surface area contributed by atoms with Crippen LogP contribution in [0, 0.1) is 0 Å². The Bertz CT molecular complexity index is 576. The zero-order valence-corrected chi connectivity index (χ0v) is 17.7. The van der Waals surface area contributed by atoms with Crippen LogP contribution in [-0.2, 0) is 13.7 Å². The molecule has 0 bridgehead atoms. The summed E-state index contributed by atoms with van der Waals surface area (Å²) in [6.45, 7) is 2.09. The maximum absolute atomic E-state index is 11.4. The molecule has 0 amide bonds. The predicted octanol–water partition coefficient (Wildman–Crippen LogP) is -1.47. The lowest BCUT2D eigenvalue weighted by Gasteiger charge is -2.45. The van der Waals surface area contributed by atoms with Crippen molar-refractivity contribution in [2.45, 2.75) is 18.4 Å². The summed E-state index contributed by atoms with van der Waals surface area (Å²) < 4.78 is 34.2. The van der Waals surface area contributed by atoms with E-state index in [4.69, 9.17) is 0 Å². The smallest absolute Gasteiger partial charge is 0.324 e. The molecule has 1 fully saturated rings. The first-order valence-corrected chi connectivity index (χ1v) is 13.9. The van der Waals surface area contributed by atoms with Gasteiger partial charge in [-0.1, -0.05) is 0 Å². The first-order chi connectivity index (χ1) is 12.2. The molecule has 1 rings (SSSR count). The predicted molar refractivity (Wildman–Crippen MR) is 100 cm³/mol. The third-order valence-corrected chi connectivity index (χ3v) is 6.95. The molecule has 1 aliphatic heterocycles. The second-order valence-electron chi connectivity index (χ2n) is 6.80. The molecule has 0 aromatic rings. The van der Waals surface area contributed by atoms with Crippen LogP contribution in [0.2, 0.25) is 0 Å². The number of nitrogens with one attached hydrogen (secondary N) is 2. The summed E-state index contributed by atoms with van der Waals surface area (Å²) in [7, 11) is -13.1. The van der Waals surface area contributed by atoms with Crippen LogP contribution >= 0.6 is 22.8 Å². The molecular formula is C12H30N3O9P3. The Morgan fingerprint density at radius 1 is 0.741 bits per heavy atom. The van der Waals surface area contributed by atoms with E-state index >= 15 is 0 Å². The van der Waals surface area contributed by atoms with Crippen molar-refractivity contribution in [2.75, 3.05) is 57.8 Å². The van der Waals surface area contributed by atoms with Crippen LogP contribution in [0.25, 0.3) is 0 Å². The number of hydrogen-bond acceptors (Lipinski definition) is 6. The van der Waals surface area contributed by atoms with E-state index in [9.17, 15) is 43.1 Å². The third-order valence-electron chi connectivity index (χ3n) is 4.56. The minimum Gasteiger partial charge on any atom is -0.324 e. The molecule has 0 spiro atoms. The Kier molecular flexibility index (Phi) is 9.76. The maximum Gasteiger partial charge on any atom is 0.326 e. The standard InChI is InChI=1S/C12H30N3O9P3/c16-25(17,18)8-1-12(2-9-26(19,20)21)11-14-4-3-13-5-6-15(12)7-10-27(22,23)24/h13-14H,1-11H2,(H2,16,17,18)(H2,19,20,21)(H2,22,23,24). The van der Waals surface area contributed by atoms with Crippen LogP contribution in [0.15, 0.2) is 0 Å². The molecule has 0 aliphatic carbocycles. The molecule has 15 heteroatoms. The van der Waals surface area contributed by atoms with Gasteiger partial charge in [-0.3, -0.25) is 18.6 Å². The van der Waals surface area contributed by atoms with Gasteiger partial charge in [0.15, 0.2) is 0 Å². The molecular weight excluding hydrogens is 423 g/mol. The summed E-state index contributed by atoms with van der Waals surface area (Å²) in [4.78, 5) is 57.3. The molecule has 0 aromatic heterocycles. The molecule has 1 saturated heterocycles. The van der Waals surface area contributed by atoms with Crippen molar-refractivity contribution in [3.05, 3.63) is 0 Å². The van der Waals surface area contributed by atoms with Gasteiger partial charge in [0.25, 0.3) is 0 Å². The fraction of sp³-hybridized carbons (Fsp3) is 1.00. The average Bonchev–Trinajstić information content (AvgIpc) is 2.58. The van der Waals surface area contributed by atoms with Crippen LogP contribution in [0.4, 0.5) is 0 Å². The highest BCUT2D eigenvalue weighted by atomic mass is 31.2. The van der Waals surface area contributed by atoms with Crippen molar-refractivity contribution in [2.24, 2.45) is 0 Å². The van der Waals surface area contributed by atoms with Crippen molar-refractivity contribution in [3.63, 3.8) is 0 Å². The number of rotatable bonds is 9. The van der Waals surface area contributed by atoms with E-state index in [1.165, 1.54) is 0 Å². The molecule has 0 aromatic carbocycles. The van der Waals surface area contributed by atoms with E-state index in [-0.39, 0.29) is 25.9 Å². The summed E-state index contributed by atoms with van der Waals surface area (Å²) in [5, 5.41) is 6.25. The molecule has 1 aliphatic rings. The van der Waals surface area contributed by atoms with E-state index < -0.39 is 46.8 Å². The fourth-order valence-corrected chi connectivity index (χ4v) is 5.03. The fourth-order valence-electron chi connectivity index (χ4n) is 3.11. The van der Waals surface area contributed by atoms with Gasteiger partial charge < -0.3 is 40.0 Å². The molecule has 12 nitrogen and oxygen atoms in total. The Balaban J connectivity index is 3.17. The molecule has 0 saturated carbocycles. The van der Waals surface area contributed by atoms with Crippen molar-refractivity contribution in [3.8, 4) is 0 Å². The lowest BCUT2D eigenvalue weighted by molar-refractivity contribution is 0.0853. The van der Waals surface area contributed by atoms with Crippen LogP contribution in [0.1, 0.15) is 12.8 Å². The van der Waals surface area contributed by atoms with Gasteiger partial charge >= 0.3 is 22.8 Å². The highest BCUT2D eigenvalue weighted by molar-refractivity contribution is 7.52. The molecule has 8 N–H and O–H groups in total. The van der Waals surface area contributed by atoms with Gasteiger partial charge in [-0.25, -0.2) is 0 Å². The van der Waals surface area contributed by atoms with Gasteiger partial charge in [-0.05, 0) is 12.8 Å². The van der Waals surface area contributed by atoms with E-state index in [0.29, 0.717) is 26.2 Å². The van der Waals surface area contributed by atoms with E-state index in [0.717, 1.165) is 0 Å². The Morgan fingerprint density at radius 2 is 1.22 bits per heavy atom. The van der Waals surface area contributed by atoms with Gasteiger partial charge in [0.2, 0.25) is 0 Å². The molecule has 0 atom stereocenters. The number of hydrogen-bond donors (Lipinski definition) is 8. The highest BCUT2D eigenvalue weighted by Crippen LogP contribution is 2.43. The third kappa shape index (κ3) is 11.2. The zero-order valence-electron chi connectivity index (χ0n) is 15.0. The van der Waals surface area contributed by atoms with Crippen LogP contribution < -0.4 is 10.6 Å². The first-order valence-electron chi connectivity index (χ1n) is 8.53. The normalized spacial score (nSPS) is 20.7. The summed E-state index contributed by atoms with van der Waals surface area (Å²) in [5.74, 6) is 0. The minimum absolute atomic E-state index is 0.0596. The summed E-state index contributed by atoms with van der Waals surface area (Å²) in [6, 6.07) is 0. The maximum atomic E-state index is 11.4. The van der Waals surface area contributed by atoms with Gasteiger partial charge in [0.05, 0.1) is 18.5 Å². The summed E-state index contributed by atoms with van der Waals surface area (Å²) >= 11 is 0. The minimum atomic E-state index is -4.37. The topological polar surface area (TPSA) is 200 Å². The quantitative estimate of drug-likeness (QED) is 0.189. The highest BCUT2D eigenvalue weighted by Gasteiger charge is 2.40. The number of nitrogens with zero attached hydrogens (tertiary/aromatic N) is 1. The second-order valence-corrected chi connectivity index (χ2v) is 12.1. The molecule has 0 radical (unpaired) electrons. The average molecular weight is 453 g/mol. The first kappa shape index (κ1) is 25.4. The second kappa shape index (κ2) is 10.4. The lowest BCUT2D eigenvalue weighted by atomic mass is 9.90. The van der Waals surface area contributed by atoms with Crippen molar-refractivity contribution in [1.82, 2.24) is 15.5 Å². The van der Waals surface area contributed by atoms with Gasteiger partial charge in [-0.15, -0.1) is 0 Å². The van der Waals surface area contributed by atoms with Crippen molar-refractivity contribution < 1.29 is 43.1 Å².